The fraction of sp³-hybridized carbons (Fsp3) is 0. The van der Waals surface area contributed by atoms with Gasteiger partial charge in [0.1, 0.15) is 16.5 Å². The normalized spacial score (nSPS) is 11.4. The highest BCUT2D eigenvalue weighted by atomic mass is 79.9. The molecule has 20 heavy (non-hydrogen) atoms. The Morgan fingerprint density at radius 2 is 1.60 bits per heavy atom. The summed E-state index contributed by atoms with van der Waals surface area (Å²) in [6, 6.07) is 7.68. The fourth-order valence-electron chi connectivity index (χ4n) is 1.46. The molecule has 0 aliphatic heterocycles. The molecule has 0 aliphatic carbocycles. The molecule has 0 radical (unpaired) electrons. The summed E-state index contributed by atoms with van der Waals surface area (Å²) in [5.74, 6) is -1.65. The third-order valence-electron chi connectivity index (χ3n) is 2.38. The molecule has 0 spiro atoms. The van der Waals surface area contributed by atoms with Crippen LogP contribution in [0.4, 0.5) is 14.5 Å². The summed E-state index contributed by atoms with van der Waals surface area (Å²) in [6.45, 7) is 0. The molecule has 0 aromatic heterocycles. The number of benzene rings is 2. The van der Waals surface area contributed by atoms with E-state index in [0.29, 0.717) is 4.47 Å². The van der Waals surface area contributed by atoms with Crippen LogP contribution in [0.5, 0.6) is 0 Å². The SMILES string of the molecule is O=S(=O)(Nc1cc(F)c(Br)cc1F)c1ccccc1Br. The maximum atomic E-state index is 13.6. The van der Waals surface area contributed by atoms with Crippen LogP contribution in [0, 0.1) is 11.6 Å². The van der Waals surface area contributed by atoms with Gasteiger partial charge in [0.2, 0.25) is 0 Å². The van der Waals surface area contributed by atoms with Gasteiger partial charge in [0.15, 0.2) is 0 Å². The number of sulfonamides is 1. The van der Waals surface area contributed by atoms with Crippen LogP contribution in [0.25, 0.3) is 0 Å². The molecule has 0 saturated heterocycles. The van der Waals surface area contributed by atoms with Crippen molar-refractivity contribution in [3.05, 3.63) is 57.0 Å². The van der Waals surface area contributed by atoms with E-state index in [1.54, 1.807) is 6.07 Å². The van der Waals surface area contributed by atoms with Crippen molar-refractivity contribution in [3.8, 4) is 0 Å². The minimum atomic E-state index is -4.01. The third kappa shape index (κ3) is 3.18. The van der Waals surface area contributed by atoms with Crippen molar-refractivity contribution in [1.82, 2.24) is 0 Å². The van der Waals surface area contributed by atoms with Crippen LogP contribution < -0.4 is 4.72 Å². The number of halogens is 4. The molecule has 8 heteroatoms. The highest BCUT2D eigenvalue weighted by Crippen LogP contribution is 2.27. The van der Waals surface area contributed by atoms with Gasteiger partial charge >= 0.3 is 0 Å². The molecule has 106 valence electrons. The van der Waals surface area contributed by atoms with Crippen LogP contribution in [-0.2, 0) is 10.0 Å². The summed E-state index contributed by atoms with van der Waals surface area (Å²) in [5, 5.41) is 0. The first kappa shape index (κ1) is 15.4. The predicted octanol–water partition coefficient (Wildman–Crippen LogP) is 4.29. The molecule has 2 aromatic rings. The van der Waals surface area contributed by atoms with E-state index in [0.717, 1.165) is 12.1 Å². The molecule has 1 N–H and O–H groups in total. The van der Waals surface area contributed by atoms with Crippen molar-refractivity contribution in [2.24, 2.45) is 0 Å². The Labute approximate surface area is 131 Å². The van der Waals surface area contributed by atoms with Gasteiger partial charge in [-0.1, -0.05) is 12.1 Å². The van der Waals surface area contributed by atoms with Gasteiger partial charge < -0.3 is 0 Å². The van der Waals surface area contributed by atoms with Crippen LogP contribution in [0.1, 0.15) is 0 Å². The minimum Gasteiger partial charge on any atom is -0.277 e. The molecule has 0 heterocycles. The molecule has 3 nitrogen and oxygen atoms in total. The average molecular weight is 427 g/mol. The maximum Gasteiger partial charge on any atom is 0.263 e. The Morgan fingerprint density at radius 1 is 0.950 bits per heavy atom. The zero-order chi connectivity index (χ0) is 14.9. The Hall–Kier alpha value is -0.990. The van der Waals surface area contributed by atoms with E-state index in [1.807, 2.05) is 4.72 Å². The first-order valence-corrected chi connectivity index (χ1v) is 8.30. The van der Waals surface area contributed by atoms with E-state index in [-0.39, 0.29) is 9.37 Å². The van der Waals surface area contributed by atoms with Gasteiger partial charge in [0, 0.05) is 10.5 Å². The number of hydrogen-bond acceptors (Lipinski definition) is 2. The Balaban J connectivity index is 2.44. The summed E-state index contributed by atoms with van der Waals surface area (Å²) in [5.41, 5.74) is -0.457. The van der Waals surface area contributed by atoms with Crippen molar-refractivity contribution in [1.29, 1.82) is 0 Å². The summed E-state index contributed by atoms with van der Waals surface area (Å²) < 4.78 is 53.5. The smallest absolute Gasteiger partial charge is 0.263 e. The van der Waals surface area contributed by atoms with Crippen LogP contribution in [0.3, 0.4) is 0 Å². The van der Waals surface area contributed by atoms with Crippen LogP contribution in [0.2, 0.25) is 0 Å². The summed E-state index contributed by atoms with van der Waals surface area (Å²) in [4.78, 5) is -0.0669. The van der Waals surface area contributed by atoms with Gasteiger partial charge in [-0.15, -0.1) is 0 Å². The fourth-order valence-corrected chi connectivity index (χ4v) is 3.84. The lowest BCUT2D eigenvalue weighted by molar-refractivity contribution is 0.591. The van der Waals surface area contributed by atoms with Gasteiger partial charge in [0.05, 0.1) is 10.2 Å². The first-order valence-electron chi connectivity index (χ1n) is 5.23. The van der Waals surface area contributed by atoms with E-state index >= 15 is 0 Å². The van der Waals surface area contributed by atoms with Crippen molar-refractivity contribution in [2.75, 3.05) is 4.72 Å². The molecular formula is C12H7Br2F2NO2S. The molecule has 0 aliphatic rings. The zero-order valence-electron chi connectivity index (χ0n) is 9.70. The lowest BCUT2D eigenvalue weighted by atomic mass is 10.3. The predicted molar refractivity (Wildman–Crippen MR) is 79.0 cm³/mol. The second-order valence-corrected chi connectivity index (χ2v) is 7.14. The standard InChI is InChI=1S/C12H7Br2F2NO2S/c13-7-3-1-2-4-12(7)20(18,19)17-11-6-9(15)8(14)5-10(11)16/h1-6,17H. The molecule has 2 aromatic carbocycles. The lowest BCUT2D eigenvalue weighted by Gasteiger charge is -2.10. The Kier molecular flexibility index (Phi) is 4.46. The van der Waals surface area contributed by atoms with Gasteiger partial charge in [-0.05, 0) is 50.1 Å². The monoisotopic (exact) mass is 425 g/mol. The number of nitrogens with one attached hydrogen (secondary N) is 1. The topological polar surface area (TPSA) is 46.2 Å². The zero-order valence-corrected chi connectivity index (χ0v) is 13.7. The molecular weight excluding hydrogens is 420 g/mol. The van der Waals surface area contributed by atoms with Gasteiger partial charge in [0.25, 0.3) is 10.0 Å². The van der Waals surface area contributed by atoms with Gasteiger partial charge in [-0.25, -0.2) is 17.2 Å². The molecule has 0 atom stereocenters. The van der Waals surface area contributed by atoms with E-state index in [2.05, 4.69) is 31.9 Å². The Bertz CT molecular complexity index is 766. The van der Waals surface area contributed by atoms with Gasteiger partial charge in [-0.2, -0.15) is 0 Å². The largest absolute Gasteiger partial charge is 0.277 e. The third-order valence-corrected chi connectivity index (χ3v) is 5.37. The van der Waals surface area contributed by atoms with E-state index in [1.165, 1.54) is 18.2 Å². The molecule has 0 unspecified atom stereocenters. The van der Waals surface area contributed by atoms with E-state index in [4.69, 9.17) is 0 Å². The molecule has 2 rings (SSSR count). The second kappa shape index (κ2) is 5.79. The van der Waals surface area contributed by atoms with Crippen molar-refractivity contribution >= 4 is 47.6 Å². The van der Waals surface area contributed by atoms with Crippen molar-refractivity contribution in [2.45, 2.75) is 4.90 Å². The van der Waals surface area contributed by atoms with Crippen molar-refractivity contribution < 1.29 is 17.2 Å². The lowest BCUT2D eigenvalue weighted by Crippen LogP contribution is -2.14. The molecule has 0 bridgehead atoms. The highest BCUT2D eigenvalue weighted by molar-refractivity contribution is 9.10. The summed E-state index contributed by atoms with van der Waals surface area (Å²) in [6.07, 6.45) is 0. The highest BCUT2D eigenvalue weighted by Gasteiger charge is 2.20. The molecule has 0 amide bonds. The number of hydrogen-bond donors (Lipinski definition) is 1. The number of anilines is 1. The molecule has 0 saturated carbocycles. The second-order valence-electron chi connectivity index (χ2n) is 3.78. The van der Waals surface area contributed by atoms with Gasteiger partial charge in [-0.3, -0.25) is 4.72 Å². The van der Waals surface area contributed by atoms with Crippen LogP contribution in [-0.4, -0.2) is 8.42 Å². The first-order chi connectivity index (χ1) is 9.31. The van der Waals surface area contributed by atoms with Crippen molar-refractivity contribution in [3.63, 3.8) is 0 Å². The average Bonchev–Trinajstić information content (AvgIpc) is 2.36. The minimum absolute atomic E-state index is 0.0669. The van der Waals surface area contributed by atoms with E-state index < -0.39 is 27.3 Å². The summed E-state index contributed by atoms with van der Waals surface area (Å²) in [7, 11) is -4.01. The van der Waals surface area contributed by atoms with E-state index in [9.17, 15) is 17.2 Å². The Morgan fingerprint density at radius 3 is 2.25 bits per heavy atom. The maximum absolute atomic E-state index is 13.6. The van der Waals surface area contributed by atoms with Crippen LogP contribution in [0.15, 0.2) is 50.2 Å². The molecule has 0 fully saturated rings. The summed E-state index contributed by atoms with van der Waals surface area (Å²) >= 11 is 5.91. The quantitative estimate of drug-likeness (QED) is 0.744. The van der Waals surface area contributed by atoms with Crippen LogP contribution >= 0.6 is 31.9 Å². The number of rotatable bonds is 3.